The van der Waals surface area contributed by atoms with Gasteiger partial charge in [-0.3, -0.25) is 0 Å². The van der Waals surface area contributed by atoms with Crippen molar-refractivity contribution in [2.45, 2.75) is 19.0 Å². The molecule has 0 heterocycles. The molecule has 0 saturated heterocycles. The zero-order valence-corrected chi connectivity index (χ0v) is 11.0. The van der Waals surface area contributed by atoms with Crippen LogP contribution in [-0.4, -0.2) is 29.8 Å². The Balaban J connectivity index is 2.34. The van der Waals surface area contributed by atoms with Crippen LogP contribution in [-0.2, 0) is 6.54 Å². The molecule has 0 saturated carbocycles. The Labute approximate surface area is 106 Å². The molecule has 1 unspecified atom stereocenters. The summed E-state index contributed by atoms with van der Waals surface area (Å²) in [6.07, 6.45) is 3.07. The Morgan fingerprint density at radius 1 is 1.38 bits per heavy atom. The van der Waals surface area contributed by atoms with E-state index in [1.165, 1.54) is 5.56 Å². The average molecular weight is 260 g/mol. The molecule has 1 rings (SSSR count). The van der Waals surface area contributed by atoms with Gasteiger partial charge in [-0.05, 0) is 36.1 Å². The van der Waals surface area contributed by atoms with E-state index in [-0.39, 0.29) is 12.6 Å². The molecule has 0 amide bonds. The third-order valence-corrected chi connectivity index (χ3v) is 3.29. The molecule has 2 nitrogen and oxygen atoms in total. The summed E-state index contributed by atoms with van der Waals surface area (Å²) in [6.45, 7) is 0.963. The van der Waals surface area contributed by atoms with E-state index in [0.29, 0.717) is 0 Å². The van der Waals surface area contributed by atoms with Crippen LogP contribution in [0.1, 0.15) is 12.0 Å². The average Bonchev–Trinajstić information content (AvgIpc) is 2.32. The van der Waals surface area contributed by atoms with Crippen molar-refractivity contribution in [2.75, 3.05) is 18.6 Å². The van der Waals surface area contributed by atoms with E-state index in [4.69, 9.17) is 11.6 Å². The summed E-state index contributed by atoms with van der Waals surface area (Å²) in [7, 11) is 0. The van der Waals surface area contributed by atoms with Crippen molar-refractivity contribution in [3.05, 3.63) is 34.9 Å². The van der Waals surface area contributed by atoms with Gasteiger partial charge in [-0.2, -0.15) is 11.8 Å². The molecular weight excluding hydrogens is 242 g/mol. The van der Waals surface area contributed by atoms with Crippen LogP contribution in [0, 0.1) is 0 Å². The molecule has 4 heteroatoms. The van der Waals surface area contributed by atoms with Crippen LogP contribution in [0.5, 0.6) is 0 Å². The fourth-order valence-corrected chi connectivity index (χ4v) is 2.03. The van der Waals surface area contributed by atoms with Crippen molar-refractivity contribution in [2.24, 2.45) is 0 Å². The van der Waals surface area contributed by atoms with Gasteiger partial charge >= 0.3 is 0 Å². The summed E-state index contributed by atoms with van der Waals surface area (Å²) in [5.41, 5.74) is 1.19. The number of thioether (sulfide) groups is 1. The zero-order valence-electron chi connectivity index (χ0n) is 9.45. The van der Waals surface area contributed by atoms with Gasteiger partial charge in [0.05, 0.1) is 6.61 Å². The summed E-state index contributed by atoms with van der Waals surface area (Å²) >= 11 is 7.61. The largest absolute Gasteiger partial charge is 0.395 e. The third-order valence-electron chi connectivity index (χ3n) is 2.40. The molecule has 2 N–H and O–H groups in total. The number of hydrogen-bond donors (Lipinski definition) is 2. The second-order valence-electron chi connectivity index (χ2n) is 3.67. The maximum Gasteiger partial charge on any atom is 0.0585 e. The molecule has 90 valence electrons. The lowest BCUT2D eigenvalue weighted by molar-refractivity contribution is 0.239. The van der Waals surface area contributed by atoms with Gasteiger partial charge in [0.2, 0.25) is 0 Å². The minimum atomic E-state index is 0.183. The second-order valence-corrected chi connectivity index (χ2v) is 5.09. The fourth-order valence-electron chi connectivity index (χ4n) is 1.38. The summed E-state index contributed by atoms with van der Waals surface area (Å²) in [4.78, 5) is 0. The van der Waals surface area contributed by atoms with Crippen LogP contribution in [0.3, 0.4) is 0 Å². The van der Waals surface area contributed by atoms with Crippen molar-refractivity contribution in [1.29, 1.82) is 0 Å². The van der Waals surface area contributed by atoms with Crippen LogP contribution in [0.25, 0.3) is 0 Å². The molecule has 0 aromatic heterocycles. The Morgan fingerprint density at radius 2 is 2.06 bits per heavy atom. The monoisotopic (exact) mass is 259 g/mol. The molecule has 1 aromatic rings. The Morgan fingerprint density at radius 3 is 2.62 bits per heavy atom. The van der Waals surface area contributed by atoms with Gasteiger partial charge in [0.1, 0.15) is 0 Å². The number of aliphatic hydroxyl groups excluding tert-OH is 1. The van der Waals surface area contributed by atoms with Gasteiger partial charge in [-0.25, -0.2) is 0 Å². The molecule has 0 aliphatic rings. The van der Waals surface area contributed by atoms with E-state index in [9.17, 15) is 5.11 Å². The number of aliphatic hydroxyl groups is 1. The highest BCUT2D eigenvalue weighted by Gasteiger charge is 2.05. The summed E-state index contributed by atoms with van der Waals surface area (Å²) in [5.74, 6) is 1.07. The standard InChI is InChI=1S/C12H18ClNOS/c1-16-7-6-12(9-15)14-8-10-2-4-11(13)5-3-10/h2-5,12,14-15H,6-9H2,1H3. The van der Waals surface area contributed by atoms with Crippen LogP contribution >= 0.6 is 23.4 Å². The van der Waals surface area contributed by atoms with E-state index in [1.54, 1.807) is 11.8 Å². The number of halogens is 1. The van der Waals surface area contributed by atoms with Gasteiger partial charge in [0.15, 0.2) is 0 Å². The maximum atomic E-state index is 9.18. The Kier molecular flexibility index (Phi) is 6.88. The number of nitrogens with one attached hydrogen (secondary N) is 1. The lowest BCUT2D eigenvalue weighted by Crippen LogP contribution is -2.32. The summed E-state index contributed by atoms with van der Waals surface area (Å²) in [5, 5.41) is 13.3. The van der Waals surface area contributed by atoms with Crippen molar-refractivity contribution < 1.29 is 5.11 Å². The van der Waals surface area contributed by atoms with E-state index in [2.05, 4.69) is 11.6 Å². The number of hydrogen-bond acceptors (Lipinski definition) is 3. The molecule has 0 spiro atoms. The second kappa shape index (κ2) is 7.96. The first kappa shape index (κ1) is 13.8. The van der Waals surface area contributed by atoms with Gasteiger partial charge in [-0.15, -0.1) is 0 Å². The quantitative estimate of drug-likeness (QED) is 0.789. The Bertz CT molecular complexity index is 292. The molecule has 16 heavy (non-hydrogen) atoms. The molecule has 1 atom stereocenters. The molecule has 0 aliphatic heterocycles. The van der Waals surface area contributed by atoms with Crippen LogP contribution < -0.4 is 5.32 Å². The number of benzene rings is 1. The van der Waals surface area contributed by atoms with Crippen LogP contribution in [0.2, 0.25) is 5.02 Å². The molecule has 0 fully saturated rings. The van der Waals surface area contributed by atoms with Crippen LogP contribution in [0.4, 0.5) is 0 Å². The van der Waals surface area contributed by atoms with Crippen molar-refractivity contribution in [3.63, 3.8) is 0 Å². The maximum absolute atomic E-state index is 9.18. The molecule has 1 aromatic carbocycles. The van der Waals surface area contributed by atoms with E-state index >= 15 is 0 Å². The Hall–Kier alpha value is -0.220. The van der Waals surface area contributed by atoms with E-state index in [1.807, 2.05) is 24.3 Å². The van der Waals surface area contributed by atoms with Crippen molar-refractivity contribution >= 4 is 23.4 Å². The topological polar surface area (TPSA) is 32.3 Å². The van der Waals surface area contributed by atoms with Gasteiger partial charge in [0, 0.05) is 17.6 Å². The summed E-state index contributed by atoms with van der Waals surface area (Å²) in [6, 6.07) is 7.95. The van der Waals surface area contributed by atoms with Crippen molar-refractivity contribution in [3.8, 4) is 0 Å². The zero-order chi connectivity index (χ0) is 11.8. The normalized spacial score (nSPS) is 12.7. The highest BCUT2D eigenvalue weighted by atomic mass is 35.5. The van der Waals surface area contributed by atoms with Gasteiger partial charge in [-0.1, -0.05) is 23.7 Å². The highest BCUT2D eigenvalue weighted by Crippen LogP contribution is 2.09. The minimum absolute atomic E-state index is 0.183. The number of rotatable bonds is 7. The smallest absolute Gasteiger partial charge is 0.0585 e. The van der Waals surface area contributed by atoms with Gasteiger partial charge in [0.25, 0.3) is 0 Å². The first-order chi connectivity index (χ1) is 7.76. The molecule has 0 bridgehead atoms. The van der Waals surface area contributed by atoms with Crippen LogP contribution in [0.15, 0.2) is 24.3 Å². The van der Waals surface area contributed by atoms with Gasteiger partial charge < -0.3 is 10.4 Å². The fraction of sp³-hybridized carbons (Fsp3) is 0.500. The lowest BCUT2D eigenvalue weighted by atomic mass is 10.2. The van der Waals surface area contributed by atoms with E-state index < -0.39 is 0 Å². The molecule has 0 radical (unpaired) electrons. The molecular formula is C12H18ClNOS. The lowest BCUT2D eigenvalue weighted by Gasteiger charge is -2.15. The van der Waals surface area contributed by atoms with Crippen molar-refractivity contribution in [1.82, 2.24) is 5.32 Å². The SMILES string of the molecule is CSCCC(CO)NCc1ccc(Cl)cc1. The first-order valence-corrected chi connectivity index (χ1v) is 7.11. The van der Waals surface area contributed by atoms with E-state index in [0.717, 1.165) is 23.7 Å². The minimum Gasteiger partial charge on any atom is -0.395 e. The first-order valence-electron chi connectivity index (χ1n) is 5.34. The predicted molar refractivity (Wildman–Crippen MR) is 72.2 cm³/mol. The third kappa shape index (κ3) is 5.21. The highest BCUT2D eigenvalue weighted by molar-refractivity contribution is 7.98. The predicted octanol–water partition coefficient (Wildman–Crippen LogP) is 2.54. The molecule has 0 aliphatic carbocycles. The summed E-state index contributed by atoms with van der Waals surface area (Å²) < 4.78 is 0.